The molecule has 5 saturated carbocycles. The zero-order valence-corrected chi connectivity index (χ0v) is 67.1. The molecule has 606 valence electrons. The van der Waals surface area contributed by atoms with Crippen molar-refractivity contribution >= 4 is 70.9 Å². The quantitative estimate of drug-likeness (QED) is 0.228. The molecule has 3 unspecified atom stereocenters. The van der Waals surface area contributed by atoms with E-state index in [0.29, 0.717) is 57.3 Å². The van der Waals surface area contributed by atoms with E-state index in [1.807, 2.05) is 32.9 Å². The smallest absolute Gasteiger partial charge is 0.381 e. The van der Waals surface area contributed by atoms with Gasteiger partial charge in [0.15, 0.2) is 0 Å². The van der Waals surface area contributed by atoms with Crippen LogP contribution >= 0.6 is 0 Å². The predicted octanol–water partition coefficient (Wildman–Crippen LogP) is 7.18. The lowest BCUT2D eigenvalue weighted by atomic mass is 9.57. The number of likely N-dealkylation sites (N-methyl/N-ethyl adjacent to an activating group) is 8. The van der Waals surface area contributed by atoms with Gasteiger partial charge in [0, 0.05) is 83.6 Å². The summed E-state index contributed by atoms with van der Waals surface area (Å²) < 4.78 is 48.6. The van der Waals surface area contributed by atoms with Crippen LogP contribution in [0.25, 0.3) is 0 Å². The average molecular weight is 1520 g/mol. The highest BCUT2D eigenvalue weighted by Crippen LogP contribution is 2.57. The summed E-state index contributed by atoms with van der Waals surface area (Å²) in [7, 11) is 14.7. The maximum atomic E-state index is 16.1. The largest absolute Gasteiger partial charge is 0.394 e. The minimum absolute atomic E-state index is 0.0233. The van der Waals surface area contributed by atoms with Crippen LogP contribution in [-0.2, 0) is 62.3 Å². The Morgan fingerprint density at radius 3 is 1.86 bits per heavy atom. The molecule has 28 heteroatoms. The molecule has 0 radical (unpaired) electrons. The highest BCUT2D eigenvalue weighted by atomic mass is 19.4. The summed E-state index contributed by atoms with van der Waals surface area (Å²) in [6.45, 7) is 6.74. The number of amides is 12. The van der Waals surface area contributed by atoms with Gasteiger partial charge in [0.05, 0.1) is 31.5 Å². The fraction of sp³-hybridized carbons (Fsp3) is 0.825. The maximum Gasteiger partial charge on any atom is 0.394 e. The van der Waals surface area contributed by atoms with E-state index in [0.717, 1.165) is 57.8 Å². The van der Waals surface area contributed by atoms with Crippen molar-refractivity contribution in [1.29, 1.82) is 0 Å². The van der Waals surface area contributed by atoms with Crippen LogP contribution in [0.3, 0.4) is 0 Å². The Kier molecular flexibility index (Phi) is 28.1. The molecule has 2 spiro atoms. The first-order valence-corrected chi connectivity index (χ1v) is 40.4. The van der Waals surface area contributed by atoms with E-state index < -0.39 is 185 Å². The predicted molar refractivity (Wildman–Crippen MR) is 399 cm³/mol. The van der Waals surface area contributed by atoms with E-state index in [1.165, 1.54) is 105 Å². The van der Waals surface area contributed by atoms with Gasteiger partial charge in [-0.1, -0.05) is 117 Å². The second kappa shape index (κ2) is 35.7. The number of nitrogens with one attached hydrogen (secondary N) is 2. The minimum atomic E-state index is -4.51. The maximum absolute atomic E-state index is 16.1. The molecule has 7 aliphatic heterocycles. The topological polar surface area (TPSA) is 271 Å². The summed E-state index contributed by atoms with van der Waals surface area (Å²) in [6.07, 6.45) is 10.5. The van der Waals surface area contributed by atoms with Crippen LogP contribution in [0.5, 0.6) is 0 Å². The molecule has 0 aromatic carbocycles. The number of methoxy groups -OCH3 is 1. The van der Waals surface area contributed by atoms with E-state index in [-0.39, 0.29) is 95.6 Å². The molecule has 12 rings (SSSR count). The van der Waals surface area contributed by atoms with E-state index >= 15 is 43.2 Å². The van der Waals surface area contributed by atoms with Crippen molar-refractivity contribution in [3.05, 3.63) is 12.2 Å². The van der Waals surface area contributed by atoms with Crippen LogP contribution in [0.1, 0.15) is 214 Å². The Bertz CT molecular complexity index is 3310. The summed E-state index contributed by atoms with van der Waals surface area (Å²) in [4.78, 5) is 198. The lowest BCUT2D eigenvalue weighted by Gasteiger charge is -2.58. The monoisotopic (exact) mass is 1520 g/mol. The van der Waals surface area contributed by atoms with Crippen molar-refractivity contribution in [1.82, 2.24) is 59.6 Å². The molecule has 12 aliphatic rings. The van der Waals surface area contributed by atoms with Crippen LogP contribution in [0.4, 0.5) is 13.2 Å². The Hall–Kier alpha value is -6.87. The molecule has 7 heterocycles. The number of nitrogens with zero attached hydrogens (tertiary/aromatic N) is 10. The van der Waals surface area contributed by atoms with Gasteiger partial charge in [0.25, 0.3) is 0 Å². The van der Waals surface area contributed by atoms with Crippen LogP contribution in [0, 0.1) is 46.3 Å². The van der Waals surface area contributed by atoms with Crippen molar-refractivity contribution in [3.8, 4) is 0 Å². The minimum Gasteiger partial charge on any atom is -0.381 e. The summed E-state index contributed by atoms with van der Waals surface area (Å²) in [5, 5.41) is 5.96. The van der Waals surface area contributed by atoms with Gasteiger partial charge in [-0.2, -0.15) is 13.2 Å². The molecule has 108 heavy (non-hydrogen) atoms. The fourth-order valence-electron chi connectivity index (χ4n) is 19.6. The third-order valence-electron chi connectivity index (χ3n) is 26.8. The Morgan fingerprint density at radius 1 is 0.630 bits per heavy atom. The Balaban J connectivity index is 1.15. The van der Waals surface area contributed by atoms with Gasteiger partial charge in [-0.3, -0.25) is 57.5 Å². The first-order chi connectivity index (χ1) is 50.9. The van der Waals surface area contributed by atoms with Gasteiger partial charge in [-0.25, -0.2) is 0 Å². The first kappa shape index (κ1) is 85.1. The van der Waals surface area contributed by atoms with Crippen molar-refractivity contribution < 1.29 is 75.4 Å². The number of hydrogen-bond donors (Lipinski definition) is 2. The van der Waals surface area contributed by atoms with Crippen LogP contribution in [0.2, 0.25) is 0 Å². The number of halogens is 3. The third-order valence-corrected chi connectivity index (χ3v) is 26.8. The molecule has 2 N–H and O–H groups in total. The Labute approximate surface area is 638 Å². The van der Waals surface area contributed by atoms with Gasteiger partial charge >= 0.3 is 6.18 Å². The van der Waals surface area contributed by atoms with E-state index in [4.69, 9.17) is 4.74 Å². The van der Waals surface area contributed by atoms with Crippen LogP contribution in [-0.4, -0.2) is 283 Å². The fourth-order valence-corrected chi connectivity index (χ4v) is 19.6. The molecule has 12 atom stereocenters. The normalized spacial score (nSPS) is 32.8. The molecule has 6 bridgehead atoms. The lowest BCUT2D eigenvalue weighted by molar-refractivity contribution is -0.215. The SMILES string of the molecule is CC[C@H](C)[C@@H]1NC(=O)[C@@H]2CCCCCCC3CCC(CC3)C[C@@H](C(=O)N(C)CC(=O)N[C@@H](CCC3CCC(C(F)(F)F)C(OC)C3)C(=O)N3CC4(CC4)C[C@H]3C(=O)N(C)C3(CC(C)(C)C3)C(=O)N(C)[C@@H](C3CCCC3)C(=O)N(C)[C@H](C(=O)N(C)C)CC(=O)N2C)N2CC/C=C\C[C@@H](C2=O)N(C)C(=O)CN(C)C1=O. The molecule has 0 aromatic heterocycles. The number of rotatable bonds is 8. The molecule has 6 saturated heterocycles. The van der Waals surface area contributed by atoms with Crippen molar-refractivity contribution in [2.45, 2.75) is 280 Å². The first-order valence-electron chi connectivity index (χ1n) is 40.4. The highest BCUT2D eigenvalue weighted by Gasteiger charge is 2.64. The van der Waals surface area contributed by atoms with E-state index in [9.17, 15) is 27.6 Å². The summed E-state index contributed by atoms with van der Waals surface area (Å²) >= 11 is 0. The molecule has 25 nitrogen and oxygen atoms in total. The lowest BCUT2D eigenvalue weighted by Crippen LogP contribution is -2.71. The van der Waals surface area contributed by atoms with Crippen molar-refractivity contribution in [2.24, 2.45) is 46.3 Å². The number of hydrogen-bond acceptors (Lipinski definition) is 13. The molecule has 11 fully saturated rings. The summed E-state index contributed by atoms with van der Waals surface area (Å²) in [6, 6.07) is -9.73. The van der Waals surface area contributed by atoms with Crippen molar-refractivity contribution in [3.63, 3.8) is 0 Å². The molecular formula is C80H127F3N12O13. The molecule has 12 amide bonds. The van der Waals surface area contributed by atoms with Gasteiger partial charge in [-0.15, -0.1) is 0 Å². The van der Waals surface area contributed by atoms with Crippen LogP contribution < -0.4 is 10.6 Å². The number of alkyl halides is 3. The molecular weight excluding hydrogens is 1390 g/mol. The van der Waals surface area contributed by atoms with Gasteiger partial charge in [-0.05, 0) is 143 Å². The number of carbonyl (C=O) groups is 12. The summed E-state index contributed by atoms with van der Waals surface area (Å²) in [5.41, 5.74) is -2.51. The van der Waals surface area contributed by atoms with E-state index in [1.54, 1.807) is 21.0 Å². The number of carbonyl (C=O) groups excluding carboxylic acids is 12. The van der Waals surface area contributed by atoms with Crippen LogP contribution in [0.15, 0.2) is 12.2 Å². The zero-order valence-electron chi connectivity index (χ0n) is 67.1. The average Bonchev–Trinajstić information content (AvgIpc) is 1.31. The highest BCUT2D eigenvalue weighted by molar-refractivity contribution is 6.01. The van der Waals surface area contributed by atoms with E-state index in [2.05, 4.69) is 10.6 Å². The summed E-state index contributed by atoms with van der Waals surface area (Å²) in [5.74, 6) is -9.73. The van der Waals surface area contributed by atoms with Gasteiger partial charge < -0.3 is 64.4 Å². The second-order valence-corrected chi connectivity index (χ2v) is 35.2. The molecule has 0 aromatic rings. The number of ether oxygens (including phenoxy) is 1. The second-order valence-electron chi connectivity index (χ2n) is 35.2. The zero-order chi connectivity index (χ0) is 79.2. The van der Waals surface area contributed by atoms with Gasteiger partial charge in [0.1, 0.15) is 53.9 Å². The van der Waals surface area contributed by atoms with Crippen molar-refractivity contribution in [2.75, 3.05) is 96.7 Å². The molecule has 5 aliphatic carbocycles. The van der Waals surface area contributed by atoms with Gasteiger partial charge in [0.2, 0.25) is 70.9 Å². The Morgan fingerprint density at radius 2 is 1.25 bits per heavy atom. The standard InChI is InChI=1S/C80H127F3N12O13/c1-15-50(2)66-74(105)88(8)46-65(98)90(10)58-29-21-18-24-40-94(73(58)104)60-41-52-32-30-51(31-33-52)25-19-16-17-20-28-57(68(99)85-66)89(9)64(97)43-59(70(101)86(5)6)91(11)75(106)67(54-26-22-23-27-54)92(12)76(107)79(47-77(3,4)48-79)93(13)72(103)61-44-78(38-39-78)49-95(61)69(100)56(84-63(96)45-87(7)71(60)102)37-35-53-34-36-55(80(81,82)83)62(42-53)108-14/h18,21,50-62,66-67H,15-17,19-20,22-49H2,1-14H3,(H,84,96)(H,85,99)/b21-18-/t50-,51?,52?,53?,55?,56-,57-,58-,59-,60-,61-,62?,66-,67-/m0/s1. The third kappa shape index (κ3) is 19.3.